The van der Waals surface area contributed by atoms with E-state index in [-0.39, 0.29) is 5.56 Å². The van der Waals surface area contributed by atoms with Crippen LogP contribution in [0, 0.1) is 0 Å². The van der Waals surface area contributed by atoms with E-state index in [9.17, 15) is 9.18 Å². The number of hydrogen-bond acceptors (Lipinski definition) is 1. The van der Waals surface area contributed by atoms with E-state index >= 15 is 0 Å². The number of carboxylic acid groups (broad SMARTS) is 1. The van der Waals surface area contributed by atoms with Crippen LogP contribution in [0.4, 0.5) is 4.39 Å². The standard InChI is InChI=1S/C12H15FO2/c1-3-6-9-7-4-5-8-10(9)12(2,13)11(14)15/h4-5,7-8H,3,6H2,1-2H3,(H,14,15). The van der Waals surface area contributed by atoms with Gasteiger partial charge in [-0.3, -0.25) is 0 Å². The number of carboxylic acids is 1. The third-order valence-corrected chi connectivity index (χ3v) is 2.44. The molecule has 15 heavy (non-hydrogen) atoms. The first-order valence-corrected chi connectivity index (χ1v) is 5.00. The quantitative estimate of drug-likeness (QED) is 0.829. The highest BCUT2D eigenvalue weighted by Crippen LogP contribution is 2.29. The summed E-state index contributed by atoms with van der Waals surface area (Å²) >= 11 is 0. The normalized spacial score (nSPS) is 14.6. The summed E-state index contributed by atoms with van der Waals surface area (Å²) in [5, 5.41) is 8.81. The second-order valence-corrected chi connectivity index (χ2v) is 3.72. The van der Waals surface area contributed by atoms with Crippen molar-refractivity contribution in [3.63, 3.8) is 0 Å². The van der Waals surface area contributed by atoms with Crippen LogP contribution in [-0.4, -0.2) is 11.1 Å². The molecule has 0 aliphatic carbocycles. The molecular weight excluding hydrogens is 195 g/mol. The Labute approximate surface area is 88.7 Å². The van der Waals surface area contributed by atoms with Crippen LogP contribution in [-0.2, 0) is 16.9 Å². The molecule has 1 unspecified atom stereocenters. The van der Waals surface area contributed by atoms with Gasteiger partial charge in [0.05, 0.1) is 0 Å². The monoisotopic (exact) mass is 210 g/mol. The molecule has 1 rings (SSSR count). The van der Waals surface area contributed by atoms with Crippen LogP contribution in [0.3, 0.4) is 0 Å². The Morgan fingerprint density at radius 3 is 2.60 bits per heavy atom. The van der Waals surface area contributed by atoms with Crippen molar-refractivity contribution in [1.82, 2.24) is 0 Å². The van der Waals surface area contributed by atoms with Gasteiger partial charge in [0.25, 0.3) is 0 Å². The van der Waals surface area contributed by atoms with Gasteiger partial charge in [-0.05, 0) is 18.9 Å². The van der Waals surface area contributed by atoms with Crippen molar-refractivity contribution in [2.24, 2.45) is 0 Å². The molecule has 82 valence electrons. The first-order chi connectivity index (χ1) is 7.00. The zero-order valence-corrected chi connectivity index (χ0v) is 8.96. The van der Waals surface area contributed by atoms with Gasteiger partial charge in [0.1, 0.15) is 0 Å². The van der Waals surface area contributed by atoms with Crippen LogP contribution in [0.1, 0.15) is 31.4 Å². The van der Waals surface area contributed by atoms with Crippen LogP contribution in [0.25, 0.3) is 0 Å². The fourth-order valence-electron chi connectivity index (χ4n) is 1.58. The Morgan fingerprint density at radius 1 is 1.47 bits per heavy atom. The molecule has 2 nitrogen and oxygen atoms in total. The molecule has 0 saturated carbocycles. The second kappa shape index (κ2) is 4.43. The number of hydrogen-bond donors (Lipinski definition) is 1. The molecule has 0 heterocycles. The van der Waals surface area contributed by atoms with Crippen molar-refractivity contribution < 1.29 is 14.3 Å². The van der Waals surface area contributed by atoms with Crippen molar-refractivity contribution in [3.05, 3.63) is 35.4 Å². The summed E-state index contributed by atoms with van der Waals surface area (Å²) in [6.07, 6.45) is 1.57. The highest BCUT2D eigenvalue weighted by Gasteiger charge is 2.36. The maximum Gasteiger partial charge on any atom is 0.345 e. The average molecular weight is 210 g/mol. The number of halogens is 1. The molecule has 1 N–H and O–H groups in total. The lowest BCUT2D eigenvalue weighted by Crippen LogP contribution is -2.28. The van der Waals surface area contributed by atoms with Crippen LogP contribution in [0.15, 0.2) is 24.3 Å². The minimum atomic E-state index is -2.30. The van der Waals surface area contributed by atoms with Crippen molar-refractivity contribution in [3.8, 4) is 0 Å². The largest absolute Gasteiger partial charge is 0.479 e. The molecule has 0 spiro atoms. The summed E-state index contributed by atoms with van der Waals surface area (Å²) in [5.41, 5.74) is -1.27. The SMILES string of the molecule is CCCc1ccccc1C(C)(F)C(=O)O. The van der Waals surface area contributed by atoms with Crippen LogP contribution < -0.4 is 0 Å². The molecule has 0 saturated heterocycles. The van der Waals surface area contributed by atoms with Gasteiger partial charge >= 0.3 is 5.97 Å². The fraction of sp³-hybridized carbons (Fsp3) is 0.417. The molecule has 0 aliphatic rings. The molecule has 0 bridgehead atoms. The number of aliphatic carboxylic acids is 1. The maximum atomic E-state index is 13.9. The van der Waals surface area contributed by atoms with Gasteiger partial charge in [-0.2, -0.15) is 0 Å². The first kappa shape index (κ1) is 11.7. The highest BCUT2D eigenvalue weighted by atomic mass is 19.1. The fourth-order valence-corrected chi connectivity index (χ4v) is 1.58. The molecule has 0 radical (unpaired) electrons. The Morgan fingerprint density at radius 2 is 2.07 bits per heavy atom. The van der Waals surface area contributed by atoms with Crippen molar-refractivity contribution in [2.45, 2.75) is 32.4 Å². The molecular formula is C12H15FO2. The van der Waals surface area contributed by atoms with E-state index in [0.717, 1.165) is 18.9 Å². The van der Waals surface area contributed by atoms with Gasteiger partial charge in [0, 0.05) is 5.56 Å². The van der Waals surface area contributed by atoms with E-state index in [1.54, 1.807) is 24.3 Å². The molecule has 3 heteroatoms. The van der Waals surface area contributed by atoms with E-state index in [4.69, 9.17) is 5.11 Å². The predicted octanol–water partition coefficient (Wildman–Crippen LogP) is 2.91. The van der Waals surface area contributed by atoms with E-state index in [1.165, 1.54) is 0 Å². The summed E-state index contributed by atoms with van der Waals surface area (Å²) < 4.78 is 13.9. The lowest BCUT2D eigenvalue weighted by atomic mass is 9.91. The Balaban J connectivity index is 3.18. The lowest BCUT2D eigenvalue weighted by molar-refractivity contribution is -0.150. The van der Waals surface area contributed by atoms with Gasteiger partial charge in [-0.25, -0.2) is 9.18 Å². The number of aryl methyl sites for hydroxylation is 1. The van der Waals surface area contributed by atoms with E-state index in [1.807, 2.05) is 6.92 Å². The van der Waals surface area contributed by atoms with Crippen molar-refractivity contribution in [2.75, 3.05) is 0 Å². The van der Waals surface area contributed by atoms with E-state index in [2.05, 4.69) is 0 Å². The van der Waals surface area contributed by atoms with E-state index in [0.29, 0.717) is 6.42 Å². The second-order valence-electron chi connectivity index (χ2n) is 3.72. The van der Waals surface area contributed by atoms with Gasteiger partial charge in [0.2, 0.25) is 5.67 Å². The molecule has 0 fully saturated rings. The third kappa shape index (κ3) is 2.35. The first-order valence-electron chi connectivity index (χ1n) is 5.00. The summed E-state index contributed by atoms with van der Waals surface area (Å²) in [7, 11) is 0. The molecule has 1 aromatic rings. The summed E-state index contributed by atoms with van der Waals surface area (Å²) in [5.74, 6) is -1.44. The van der Waals surface area contributed by atoms with Crippen molar-refractivity contribution in [1.29, 1.82) is 0 Å². The Bertz CT molecular complexity index is 358. The molecule has 1 aromatic carbocycles. The van der Waals surface area contributed by atoms with Crippen LogP contribution in [0.5, 0.6) is 0 Å². The summed E-state index contributed by atoms with van der Waals surface area (Å²) in [4.78, 5) is 10.8. The maximum absolute atomic E-state index is 13.9. The topological polar surface area (TPSA) is 37.3 Å². The Kier molecular flexibility index (Phi) is 3.45. The Hall–Kier alpha value is -1.38. The van der Waals surface area contributed by atoms with Crippen LogP contribution >= 0.6 is 0 Å². The van der Waals surface area contributed by atoms with Crippen molar-refractivity contribution >= 4 is 5.97 Å². The predicted molar refractivity (Wildman–Crippen MR) is 56.5 cm³/mol. The number of alkyl halides is 1. The smallest absolute Gasteiger partial charge is 0.345 e. The van der Waals surface area contributed by atoms with Gasteiger partial charge in [-0.15, -0.1) is 0 Å². The van der Waals surface area contributed by atoms with E-state index < -0.39 is 11.6 Å². The molecule has 1 atom stereocenters. The highest BCUT2D eigenvalue weighted by molar-refractivity contribution is 5.79. The number of benzene rings is 1. The third-order valence-electron chi connectivity index (χ3n) is 2.44. The molecule has 0 aromatic heterocycles. The number of carbonyl (C=O) groups is 1. The average Bonchev–Trinajstić information content (AvgIpc) is 2.18. The molecule has 0 aliphatic heterocycles. The van der Waals surface area contributed by atoms with Gasteiger partial charge in [0.15, 0.2) is 0 Å². The van der Waals surface area contributed by atoms with Crippen LogP contribution in [0.2, 0.25) is 0 Å². The summed E-state index contributed by atoms with van der Waals surface area (Å²) in [6.45, 7) is 3.07. The number of rotatable bonds is 4. The zero-order valence-electron chi connectivity index (χ0n) is 8.96. The summed E-state index contributed by atoms with van der Waals surface area (Å²) in [6, 6.07) is 6.78. The minimum absolute atomic E-state index is 0.263. The minimum Gasteiger partial charge on any atom is -0.479 e. The van der Waals surface area contributed by atoms with Gasteiger partial charge < -0.3 is 5.11 Å². The lowest BCUT2D eigenvalue weighted by Gasteiger charge is -2.19. The molecule has 0 amide bonds. The zero-order chi connectivity index (χ0) is 11.5. The van der Waals surface area contributed by atoms with Gasteiger partial charge in [-0.1, -0.05) is 37.6 Å².